The highest BCUT2D eigenvalue weighted by molar-refractivity contribution is 6.42. The number of carbonyl (C=O) groups is 1. The fourth-order valence-corrected chi connectivity index (χ4v) is 3.41. The third-order valence-electron chi connectivity index (χ3n) is 4.35. The number of benzene rings is 1. The summed E-state index contributed by atoms with van der Waals surface area (Å²) in [6.45, 7) is 0.838. The highest BCUT2D eigenvalue weighted by atomic mass is 35.5. The third-order valence-corrected chi connectivity index (χ3v) is 5.09. The van der Waals surface area contributed by atoms with E-state index in [1.54, 1.807) is 6.07 Å². The molecule has 0 radical (unpaired) electrons. The summed E-state index contributed by atoms with van der Waals surface area (Å²) in [5.41, 5.74) is 1.08. The second kappa shape index (κ2) is 5.55. The van der Waals surface area contributed by atoms with Crippen LogP contribution in [-0.4, -0.2) is 35.1 Å². The van der Waals surface area contributed by atoms with Crippen LogP contribution in [0.1, 0.15) is 30.7 Å². The topological polar surface area (TPSA) is 40.5 Å². The Balaban J connectivity index is 1.69. The van der Waals surface area contributed by atoms with Crippen molar-refractivity contribution in [2.24, 2.45) is 5.92 Å². The molecule has 2 aliphatic rings. The zero-order valence-corrected chi connectivity index (χ0v) is 12.6. The molecule has 3 rings (SSSR count). The van der Waals surface area contributed by atoms with Gasteiger partial charge in [-0.3, -0.25) is 4.79 Å². The number of carbonyl (C=O) groups excluding carboxylic acids is 1. The molecule has 3 atom stereocenters. The lowest BCUT2D eigenvalue weighted by atomic mass is 10.1. The number of nitrogens with zero attached hydrogens (tertiary/aromatic N) is 1. The van der Waals surface area contributed by atoms with Crippen LogP contribution < -0.4 is 0 Å². The van der Waals surface area contributed by atoms with Crippen molar-refractivity contribution in [2.45, 2.75) is 31.2 Å². The van der Waals surface area contributed by atoms with Crippen LogP contribution in [0.5, 0.6) is 0 Å². The summed E-state index contributed by atoms with van der Waals surface area (Å²) < 4.78 is 0. The molecule has 1 aromatic rings. The van der Waals surface area contributed by atoms with Gasteiger partial charge >= 0.3 is 0 Å². The lowest BCUT2D eigenvalue weighted by molar-refractivity contribution is -0.134. The van der Waals surface area contributed by atoms with E-state index in [1.165, 1.54) is 0 Å². The van der Waals surface area contributed by atoms with Gasteiger partial charge < -0.3 is 10.0 Å². The Bertz CT molecular complexity index is 535. The average Bonchev–Trinajstić information content (AvgIpc) is 3.10. The highest BCUT2D eigenvalue weighted by Gasteiger charge is 2.47. The number of likely N-dealkylation sites (tertiary alicyclic amines) is 1. The molecule has 20 heavy (non-hydrogen) atoms. The Hall–Kier alpha value is -0.770. The number of amides is 1. The molecule has 1 aromatic carbocycles. The summed E-state index contributed by atoms with van der Waals surface area (Å²) in [7, 11) is 0. The molecule has 3 nitrogen and oxygen atoms in total. The molecular formula is C15H17Cl2NO2. The molecule has 1 aliphatic heterocycles. The summed E-state index contributed by atoms with van der Waals surface area (Å²) in [6, 6.07) is 5.60. The monoisotopic (exact) mass is 313 g/mol. The first kappa shape index (κ1) is 14.2. The van der Waals surface area contributed by atoms with Crippen LogP contribution in [0.3, 0.4) is 0 Å². The van der Waals surface area contributed by atoms with Crippen LogP contribution in [0.15, 0.2) is 18.2 Å². The minimum atomic E-state index is 0.0116. The van der Waals surface area contributed by atoms with Gasteiger partial charge in [-0.25, -0.2) is 0 Å². The van der Waals surface area contributed by atoms with Crippen molar-refractivity contribution >= 4 is 29.1 Å². The summed E-state index contributed by atoms with van der Waals surface area (Å²) in [5.74, 6) is 0.467. The molecule has 1 saturated heterocycles. The van der Waals surface area contributed by atoms with Gasteiger partial charge in [-0.1, -0.05) is 29.3 Å². The predicted molar refractivity (Wildman–Crippen MR) is 79.1 cm³/mol. The lowest BCUT2D eigenvalue weighted by Crippen LogP contribution is -2.38. The molecule has 1 saturated carbocycles. The Morgan fingerprint density at radius 3 is 2.85 bits per heavy atom. The van der Waals surface area contributed by atoms with Gasteiger partial charge in [0.2, 0.25) is 5.91 Å². The SMILES string of the molecule is O=C(C1CC1c1ccc(Cl)c(Cl)c1)N1CCC[C@@H]1CO. The normalized spacial score (nSPS) is 28.8. The van der Waals surface area contributed by atoms with Crippen molar-refractivity contribution < 1.29 is 9.90 Å². The van der Waals surface area contributed by atoms with E-state index in [0.717, 1.165) is 31.4 Å². The fraction of sp³-hybridized carbons (Fsp3) is 0.533. The molecular weight excluding hydrogens is 297 g/mol. The first-order valence-electron chi connectivity index (χ1n) is 6.98. The van der Waals surface area contributed by atoms with Crippen LogP contribution in [0.2, 0.25) is 10.0 Å². The largest absolute Gasteiger partial charge is 0.394 e. The maximum atomic E-state index is 12.5. The Labute approximate surface area is 128 Å². The van der Waals surface area contributed by atoms with E-state index in [2.05, 4.69) is 0 Å². The fourth-order valence-electron chi connectivity index (χ4n) is 3.11. The first-order valence-corrected chi connectivity index (χ1v) is 7.73. The van der Waals surface area contributed by atoms with Crippen molar-refractivity contribution in [3.63, 3.8) is 0 Å². The van der Waals surface area contributed by atoms with E-state index in [4.69, 9.17) is 23.2 Å². The van der Waals surface area contributed by atoms with Crippen LogP contribution in [0.25, 0.3) is 0 Å². The standard InChI is InChI=1S/C15H17Cl2NO2/c16-13-4-3-9(6-14(13)17)11-7-12(11)15(20)18-5-1-2-10(18)8-19/h3-4,6,10-12,19H,1-2,5,7-8H2/t10-,11?,12?/m1/s1. The maximum Gasteiger partial charge on any atom is 0.226 e. The first-order chi connectivity index (χ1) is 9.61. The van der Waals surface area contributed by atoms with Crippen molar-refractivity contribution in [3.05, 3.63) is 33.8 Å². The average molecular weight is 314 g/mol. The van der Waals surface area contributed by atoms with Gasteiger partial charge in [-0.2, -0.15) is 0 Å². The van der Waals surface area contributed by atoms with Crippen LogP contribution >= 0.6 is 23.2 Å². The van der Waals surface area contributed by atoms with E-state index < -0.39 is 0 Å². The molecule has 0 spiro atoms. The van der Waals surface area contributed by atoms with E-state index in [-0.39, 0.29) is 30.4 Å². The molecule has 108 valence electrons. The highest BCUT2D eigenvalue weighted by Crippen LogP contribution is 2.49. The summed E-state index contributed by atoms with van der Waals surface area (Å²) in [6.07, 6.45) is 2.76. The van der Waals surface area contributed by atoms with E-state index in [1.807, 2.05) is 17.0 Å². The molecule has 1 heterocycles. The number of aliphatic hydroxyl groups is 1. The van der Waals surface area contributed by atoms with Gasteiger partial charge in [0.1, 0.15) is 0 Å². The zero-order valence-electron chi connectivity index (χ0n) is 11.1. The molecule has 2 fully saturated rings. The van der Waals surface area contributed by atoms with Gasteiger partial charge in [0, 0.05) is 12.5 Å². The van der Waals surface area contributed by atoms with Crippen molar-refractivity contribution in [1.29, 1.82) is 0 Å². The minimum absolute atomic E-state index is 0.0116. The van der Waals surface area contributed by atoms with Gasteiger partial charge in [-0.15, -0.1) is 0 Å². The Morgan fingerprint density at radius 1 is 1.35 bits per heavy atom. The number of halogens is 2. The van der Waals surface area contributed by atoms with E-state index >= 15 is 0 Å². The maximum absolute atomic E-state index is 12.5. The molecule has 1 N–H and O–H groups in total. The van der Waals surface area contributed by atoms with E-state index in [9.17, 15) is 9.90 Å². The molecule has 1 aliphatic carbocycles. The third kappa shape index (κ3) is 2.54. The zero-order chi connectivity index (χ0) is 14.3. The van der Waals surface area contributed by atoms with Crippen LogP contribution in [0.4, 0.5) is 0 Å². The minimum Gasteiger partial charge on any atom is -0.394 e. The molecule has 2 unspecified atom stereocenters. The van der Waals surface area contributed by atoms with Gasteiger partial charge in [0.25, 0.3) is 0 Å². The summed E-state index contributed by atoms with van der Waals surface area (Å²) >= 11 is 11.9. The quantitative estimate of drug-likeness (QED) is 0.931. The Kier molecular flexibility index (Phi) is 3.93. The van der Waals surface area contributed by atoms with Gasteiger partial charge in [0.15, 0.2) is 0 Å². The van der Waals surface area contributed by atoms with Crippen LogP contribution in [0, 0.1) is 5.92 Å². The second-order valence-corrected chi connectivity index (χ2v) is 6.45. The second-order valence-electron chi connectivity index (χ2n) is 5.63. The van der Waals surface area contributed by atoms with Crippen LogP contribution in [-0.2, 0) is 4.79 Å². The number of hydrogen-bond donors (Lipinski definition) is 1. The number of hydrogen-bond acceptors (Lipinski definition) is 2. The van der Waals surface area contributed by atoms with Crippen molar-refractivity contribution in [3.8, 4) is 0 Å². The summed E-state index contributed by atoms with van der Waals surface area (Å²) in [5, 5.41) is 10.4. The number of rotatable bonds is 3. The van der Waals surface area contributed by atoms with Crippen molar-refractivity contribution in [2.75, 3.05) is 13.2 Å². The number of aliphatic hydroxyl groups excluding tert-OH is 1. The lowest BCUT2D eigenvalue weighted by Gasteiger charge is -2.23. The van der Waals surface area contributed by atoms with E-state index in [0.29, 0.717) is 10.0 Å². The molecule has 5 heteroatoms. The molecule has 0 bridgehead atoms. The van der Waals surface area contributed by atoms with Gasteiger partial charge in [0.05, 0.1) is 22.7 Å². The molecule has 1 amide bonds. The van der Waals surface area contributed by atoms with Crippen molar-refractivity contribution in [1.82, 2.24) is 4.90 Å². The Morgan fingerprint density at radius 2 is 2.15 bits per heavy atom. The smallest absolute Gasteiger partial charge is 0.226 e. The molecule has 0 aromatic heterocycles. The van der Waals surface area contributed by atoms with Gasteiger partial charge in [-0.05, 0) is 42.9 Å². The summed E-state index contributed by atoms with van der Waals surface area (Å²) in [4.78, 5) is 14.3. The predicted octanol–water partition coefficient (Wildman–Crippen LogP) is 3.08.